The maximum Gasteiger partial charge on any atom is 0.188 e. The van der Waals surface area contributed by atoms with Gasteiger partial charge in [0, 0.05) is 24.9 Å². The zero-order chi connectivity index (χ0) is 15.0. The maximum absolute atomic E-state index is 5.84. The summed E-state index contributed by atoms with van der Waals surface area (Å²) in [6, 6.07) is 0. The van der Waals surface area contributed by atoms with E-state index in [1.165, 1.54) is 0 Å². The Labute approximate surface area is 144 Å². The number of ether oxygens (including phenoxy) is 1. The van der Waals surface area contributed by atoms with Gasteiger partial charge in [-0.1, -0.05) is 13.3 Å². The third-order valence-corrected chi connectivity index (χ3v) is 3.28. The van der Waals surface area contributed by atoms with Crippen molar-refractivity contribution in [1.29, 1.82) is 0 Å². The highest BCUT2D eigenvalue weighted by Gasteiger charge is 2.10. The summed E-state index contributed by atoms with van der Waals surface area (Å²) >= 11 is 0. The van der Waals surface area contributed by atoms with Crippen molar-refractivity contribution >= 4 is 29.9 Å². The first kappa shape index (κ1) is 20.2. The predicted molar refractivity (Wildman–Crippen MR) is 97.2 cm³/mol. The number of hydrogen-bond donors (Lipinski definition) is 2. The van der Waals surface area contributed by atoms with E-state index in [0.717, 1.165) is 42.9 Å². The molecular weight excluding hydrogens is 381 g/mol. The lowest BCUT2D eigenvalue weighted by Gasteiger charge is -2.05. The molecular formula is C14H28IN5O. The van der Waals surface area contributed by atoms with Crippen molar-refractivity contribution in [2.75, 3.05) is 20.3 Å². The molecule has 7 heteroatoms. The Bertz CT molecular complexity index is 445. The second-order valence-electron chi connectivity index (χ2n) is 4.85. The molecule has 3 N–H and O–H groups in total. The molecule has 0 atom stereocenters. The van der Waals surface area contributed by atoms with Gasteiger partial charge in [0.05, 0.1) is 25.4 Å². The van der Waals surface area contributed by atoms with Crippen molar-refractivity contribution in [1.82, 2.24) is 15.1 Å². The van der Waals surface area contributed by atoms with Crippen LogP contribution in [0.3, 0.4) is 0 Å². The average Bonchev–Trinajstić information content (AvgIpc) is 2.69. The van der Waals surface area contributed by atoms with Gasteiger partial charge < -0.3 is 15.8 Å². The number of guanidine groups is 1. The highest BCUT2D eigenvalue weighted by atomic mass is 127. The van der Waals surface area contributed by atoms with Gasteiger partial charge in [-0.2, -0.15) is 5.10 Å². The van der Waals surface area contributed by atoms with E-state index >= 15 is 0 Å². The van der Waals surface area contributed by atoms with Gasteiger partial charge in [0.15, 0.2) is 5.96 Å². The minimum Gasteiger partial charge on any atom is -0.383 e. The first-order chi connectivity index (χ1) is 9.60. The summed E-state index contributed by atoms with van der Waals surface area (Å²) in [5.74, 6) is 0.502. The number of aryl methyl sites for hydroxylation is 1. The molecule has 0 bridgehead atoms. The van der Waals surface area contributed by atoms with Gasteiger partial charge in [0.2, 0.25) is 0 Å². The molecule has 0 aromatic carbocycles. The summed E-state index contributed by atoms with van der Waals surface area (Å²) in [6.07, 6.45) is 2.24. The zero-order valence-corrected chi connectivity index (χ0v) is 15.8. The molecule has 0 amide bonds. The third kappa shape index (κ3) is 6.64. The Morgan fingerprint density at radius 1 is 1.43 bits per heavy atom. The highest BCUT2D eigenvalue weighted by Crippen LogP contribution is 2.14. The van der Waals surface area contributed by atoms with Gasteiger partial charge in [0.1, 0.15) is 0 Å². The molecule has 0 radical (unpaired) electrons. The topological polar surface area (TPSA) is 77.5 Å². The molecule has 0 spiro atoms. The Kier molecular flexibility index (Phi) is 10.4. The van der Waals surface area contributed by atoms with E-state index in [1.807, 2.05) is 11.6 Å². The smallest absolute Gasteiger partial charge is 0.188 e. The molecule has 1 heterocycles. The van der Waals surface area contributed by atoms with Gasteiger partial charge in [-0.05, 0) is 20.3 Å². The molecule has 6 nitrogen and oxygen atoms in total. The number of halogens is 1. The summed E-state index contributed by atoms with van der Waals surface area (Å²) < 4.78 is 7.05. The van der Waals surface area contributed by atoms with Crippen molar-refractivity contribution in [3.8, 4) is 0 Å². The Balaban J connectivity index is 0.00000400. The SMILES string of the molecule is CCCCNC(N)=NCc1c(C)nn(CCOC)c1C.I. The number of rotatable bonds is 8. The van der Waals surface area contributed by atoms with E-state index < -0.39 is 0 Å². The van der Waals surface area contributed by atoms with Crippen LogP contribution in [0.1, 0.15) is 36.7 Å². The van der Waals surface area contributed by atoms with Crippen LogP contribution in [0.25, 0.3) is 0 Å². The fraction of sp³-hybridized carbons (Fsp3) is 0.714. The third-order valence-electron chi connectivity index (χ3n) is 3.28. The van der Waals surface area contributed by atoms with Crippen molar-refractivity contribution in [3.63, 3.8) is 0 Å². The molecule has 1 aromatic heterocycles. The lowest BCUT2D eigenvalue weighted by molar-refractivity contribution is 0.182. The van der Waals surface area contributed by atoms with Crippen molar-refractivity contribution in [2.24, 2.45) is 10.7 Å². The first-order valence-electron chi connectivity index (χ1n) is 7.15. The molecule has 0 fully saturated rings. The molecule has 0 aliphatic carbocycles. The van der Waals surface area contributed by atoms with Crippen LogP contribution in [0.2, 0.25) is 0 Å². The quantitative estimate of drug-likeness (QED) is 0.298. The second-order valence-corrected chi connectivity index (χ2v) is 4.85. The number of aromatic nitrogens is 2. The Hall–Kier alpha value is -0.830. The minimum absolute atomic E-state index is 0. The summed E-state index contributed by atoms with van der Waals surface area (Å²) in [5, 5.41) is 7.62. The molecule has 1 aromatic rings. The number of aliphatic imine (C=N–C) groups is 1. The number of nitrogens with one attached hydrogen (secondary N) is 1. The first-order valence-corrected chi connectivity index (χ1v) is 7.15. The van der Waals surface area contributed by atoms with Crippen LogP contribution in [0.5, 0.6) is 0 Å². The fourth-order valence-electron chi connectivity index (χ4n) is 1.97. The van der Waals surface area contributed by atoms with E-state index in [4.69, 9.17) is 10.5 Å². The lowest BCUT2D eigenvalue weighted by Crippen LogP contribution is -2.32. The summed E-state index contributed by atoms with van der Waals surface area (Å²) in [4.78, 5) is 4.38. The average molecular weight is 409 g/mol. The normalized spacial score (nSPS) is 11.3. The second kappa shape index (κ2) is 10.8. The van der Waals surface area contributed by atoms with E-state index in [9.17, 15) is 0 Å². The largest absolute Gasteiger partial charge is 0.383 e. The Morgan fingerprint density at radius 2 is 2.14 bits per heavy atom. The zero-order valence-electron chi connectivity index (χ0n) is 13.5. The maximum atomic E-state index is 5.84. The van der Waals surface area contributed by atoms with Crippen molar-refractivity contribution < 1.29 is 4.74 Å². The van der Waals surface area contributed by atoms with E-state index in [0.29, 0.717) is 19.1 Å². The molecule has 0 unspecified atom stereocenters. The molecule has 0 saturated carbocycles. The van der Waals surface area contributed by atoms with Crippen LogP contribution in [-0.4, -0.2) is 36.0 Å². The monoisotopic (exact) mass is 409 g/mol. The summed E-state index contributed by atoms with van der Waals surface area (Å²) in [5.41, 5.74) is 9.11. The number of hydrogen-bond acceptors (Lipinski definition) is 3. The lowest BCUT2D eigenvalue weighted by atomic mass is 10.2. The standard InChI is InChI=1S/C14H27N5O.HI/c1-5-6-7-16-14(15)17-10-13-11(2)18-19(12(13)3)8-9-20-4;/h5-10H2,1-4H3,(H3,15,16,17);1H. The van der Waals surface area contributed by atoms with E-state index in [-0.39, 0.29) is 24.0 Å². The molecule has 0 aliphatic rings. The van der Waals surface area contributed by atoms with Gasteiger partial charge in [0.25, 0.3) is 0 Å². The van der Waals surface area contributed by atoms with Crippen LogP contribution in [0, 0.1) is 13.8 Å². The minimum atomic E-state index is 0. The molecule has 21 heavy (non-hydrogen) atoms. The number of nitrogens with two attached hydrogens (primary N) is 1. The van der Waals surface area contributed by atoms with Crippen LogP contribution in [0.4, 0.5) is 0 Å². The van der Waals surface area contributed by atoms with Crippen molar-refractivity contribution in [3.05, 3.63) is 17.0 Å². The number of unbranched alkanes of at least 4 members (excludes halogenated alkanes) is 1. The van der Waals surface area contributed by atoms with Gasteiger partial charge >= 0.3 is 0 Å². The Morgan fingerprint density at radius 3 is 2.76 bits per heavy atom. The molecule has 1 rings (SSSR count). The van der Waals surface area contributed by atoms with Crippen molar-refractivity contribution in [2.45, 2.75) is 46.7 Å². The molecule has 0 saturated heterocycles. The number of nitrogens with zero attached hydrogens (tertiary/aromatic N) is 3. The van der Waals surface area contributed by atoms with Gasteiger partial charge in [-0.3, -0.25) is 4.68 Å². The summed E-state index contributed by atoms with van der Waals surface area (Å²) in [6.45, 7) is 9.06. The van der Waals surface area contributed by atoms with E-state index in [2.05, 4.69) is 29.3 Å². The van der Waals surface area contributed by atoms with Gasteiger partial charge in [-0.25, -0.2) is 4.99 Å². The van der Waals surface area contributed by atoms with E-state index in [1.54, 1.807) is 7.11 Å². The van der Waals surface area contributed by atoms with Crippen LogP contribution in [0.15, 0.2) is 4.99 Å². The number of methoxy groups -OCH3 is 1. The van der Waals surface area contributed by atoms with Gasteiger partial charge in [-0.15, -0.1) is 24.0 Å². The summed E-state index contributed by atoms with van der Waals surface area (Å²) in [7, 11) is 1.69. The van der Waals surface area contributed by atoms with Crippen LogP contribution >= 0.6 is 24.0 Å². The van der Waals surface area contributed by atoms with Crippen LogP contribution in [-0.2, 0) is 17.8 Å². The highest BCUT2D eigenvalue weighted by molar-refractivity contribution is 14.0. The predicted octanol–water partition coefficient (Wildman–Crippen LogP) is 1.97. The fourth-order valence-corrected chi connectivity index (χ4v) is 1.97. The molecule has 122 valence electrons. The molecule has 0 aliphatic heterocycles. The van der Waals surface area contributed by atoms with Crippen LogP contribution < -0.4 is 11.1 Å².